The van der Waals surface area contributed by atoms with Gasteiger partial charge in [-0.3, -0.25) is 4.79 Å². The van der Waals surface area contributed by atoms with E-state index < -0.39 is 21.8 Å². The number of nitrogens with zero attached hydrogens (tertiary/aromatic N) is 1. The number of benzene rings is 2. The van der Waals surface area contributed by atoms with Crippen LogP contribution in [0, 0.1) is 11.3 Å². The molecule has 0 aliphatic carbocycles. The zero-order valence-electron chi connectivity index (χ0n) is 13.0. The molecule has 0 bridgehead atoms. The molecule has 0 aromatic heterocycles. The average Bonchev–Trinajstić information content (AvgIpc) is 2.60. The predicted molar refractivity (Wildman–Crippen MR) is 87.9 cm³/mol. The quantitative estimate of drug-likeness (QED) is 0.861. The van der Waals surface area contributed by atoms with Crippen LogP contribution in [0.4, 0.5) is 0 Å². The van der Waals surface area contributed by atoms with Crippen LogP contribution in [0.1, 0.15) is 24.2 Å². The molecule has 1 unspecified atom stereocenters. The van der Waals surface area contributed by atoms with Gasteiger partial charge in [-0.05, 0) is 36.4 Å². The van der Waals surface area contributed by atoms with Crippen LogP contribution in [-0.4, -0.2) is 20.1 Å². The molecule has 7 heteroatoms. The van der Waals surface area contributed by atoms with E-state index in [2.05, 4.69) is 0 Å². The second-order valence-electron chi connectivity index (χ2n) is 5.01. The first-order chi connectivity index (χ1) is 11.4. The Kier molecular flexibility index (Phi) is 5.21. The number of nitriles is 1. The maximum absolute atomic E-state index is 11.8. The van der Waals surface area contributed by atoms with Crippen LogP contribution in [-0.2, 0) is 14.6 Å². The zero-order chi connectivity index (χ0) is 17.7. The number of nitrogens with two attached hydrogens (primary N) is 1. The Bertz CT molecular complexity index is 866. The van der Waals surface area contributed by atoms with Crippen molar-refractivity contribution >= 4 is 15.7 Å². The molecule has 0 spiro atoms. The van der Waals surface area contributed by atoms with Crippen molar-refractivity contribution < 1.29 is 17.9 Å². The van der Waals surface area contributed by atoms with Gasteiger partial charge in [-0.25, -0.2) is 8.42 Å². The van der Waals surface area contributed by atoms with Gasteiger partial charge in [0.1, 0.15) is 5.75 Å². The van der Waals surface area contributed by atoms with Crippen molar-refractivity contribution in [3.8, 4) is 11.8 Å². The predicted octanol–water partition coefficient (Wildman–Crippen LogP) is 1.96. The summed E-state index contributed by atoms with van der Waals surface area (Å²) >= 11 is 0. The second-order valence-corrected chi connectivity index (χ2v) is 7.29. The van der Waals surface area contributed by atoms with Gasteiger partial charge in [0.25, 0.3) is 5.91 Å². The fraction of sp³-hybridized carbons (Fsp3) is 0.176. The lowest BCUT2D eigenvalue weighted by Gasteiger charge is -2.17. The van der Waals surface area contributed by atoms with Crippen LogP contribution >= 0.6 is 0 Å². The fourth-order valence-electron chi connectivity index (χ4n) is 2.05. The summed E-state index contributed by atoms with van der Waals surface area (Å²) in [5.41, 5.74) is 6.30. The summed E-state index contributed by atoms with van der Waals surface area (Å²) in [5, 5.41) is 8.77. The maximum atomic E-state index is 11.8. The Morgan fingerprint density at radius 3 is 2.21 bits per heavy atom. The van der Waals surface area contributed by atoms with Crippen molar-refractivity contribution in [2.24, 2.45) is 5.73 Å². The third-order valence-electron chi connectivity index (χ3n) is 3.42. The summed E-state index contributed by atoms with van der Waals surface area (Å²) < 4.78 is 29.2. The van der Waals surface area contributed by atoms with Gasteiger partial charge in [-0.2, -0.15) is 5.26 Å². The molecule has 6 nitrogen and oxygen atoms in total. The van der Waals surface area contributed by atoms with Gasteiger partial charge in [-0.1, -0.05) is 19.1 Å². The lowest BCUT2D eigenvalue weighted by molar-refractivity contribution is -0.125. The molecule has 0 aliphatic rings. The minimum absolute atomic E-state index is 0.00661. The first-order valence-corrected chi connectivity index (χ1v) is 8.81. The maximum Gasteiger partial charge on any atom is 0.263 e. The summed E-state index contributed by atoms with van der Waals surface area (Å²) in [6.07, 6.45) is -1.06. The number of hydrogen-bond acceptors (Lipinski definition) is 5. The normalized spacial score (nSPS) is 12.2. The van der Waals surface area contributed by atoms with Gasteiger partial charge in [-0.15, -0.1) is 0 Å². The van der Waals surface area contributed by atoms with Crippen molar-refractivity contribution in [3.63, 3.8) is 0 Å². The molecular weight excluding hydrogens is 328 g/mol. The van der Waals surface area contributed by atoms with E-state index in [0.29, 0.717) is 16.9 Å². The van der Waals surface area contributed by atoms with E-state index in [-0.39, 0.29) is 10.6 Å². The molecule has 2 N–H and O–H groups in total. The number of hydrogen-bond donors (Lipinski definition) is 1. The van der Waals surface area contributed by atoms with Crippen LogP contribution in [0.25, 0.3) is 0 Å². The molecule has 0 aliphatic heterocycles. The molecular formula is C17H16N2O4S. The Hall–Kier alpha value is -2.85. The molecule has 1 atom stereocenters. The van der Waals surface area contributed by atoms with Gasteiger partial charge in [0.05, 0.1) is 22.3 Å². The van der Waals surface area contributed by atoms with Gasteiger partial charge >= 0.3 is 0 Å². The molecule has 0 heterocycles. The van der Waals surface area contributed by atoms with Crippen molar-refractivity contribution in [1.82, 2.24) is 0 Å². The molecule has 2 rings (SSSR count). The van der Waals surface area contributed by atoms with Crippen LogP contribution in [0.2, 0.25) is 0 Å². The van der Waals surface area contributed by atoms with Crippen LogP contribution < -0.4 is 10.5 Å². The first-order valence-electron chi connectivity index (χ1n) is 7.16. The highest BCUT2D eigenvalue weighted by Gasteiger charge is 2.21. The van der Waals surface area contributed by atoms with E-state index in [1.54, 1.807) is 31.2 Å². The third kappa shape index (κ3) is 3.91. The third-order valence-corrected chi connectivity index (χ3v) is 5.17. The van der Waals surface area contributed by atoms with Gasteiger partial charge < -0.3 is 10.5 Å². The van der Waals surface area contributed by atoms with E-state index in [1.165, 1.54) is 24.3 Å². The van der Waals surface area contributed by atoms with E-state index in [0.717, 1.165) is 0 Å². The highest BCUT2D eigenvalue weighted by atomic mass is 32.2. The molecule has 24 heavy (non-hydrogen) atoms. The Morgan fingerprint density at radius 1 is 1.17 bits per heavy atom. The van der Waals surface area contributed by atoms with Crippen molar-refractivity contribution in [1.29, 1.82) is 5.26 Å². The Morgan fingerprint density at radius 2 is 1.75 bits per heavy atom. The van der Waals surface area contributed by atoms with E-state index in [4.69, 9.17) is 15.7 Å². The first kappa shape index (κ1) is 17.5. The largest absolute Gasteiger partial charge is 0.476 e. The van der Waals surface area contributed by atoms with E-state index in [9.17, 15) is 13.2 Å². The summed E-state index contributed by atoms with van der Waals surface area (Å²) in [6.45, 7) is 1.56. The highest BCUT2D eigenvalue weighted by molar-refractivity contribution is 7.91. The SMILES string of the molecule is CCS(=O)(=O)c1ccc(C(Oc2ccc(C#N)cc2)C(N)=O)cc1. The highest BCUT2D eigenvalue weighted by Crippen LogP contribution is 2.24. The van der Waals surface area contributed by atoms with Crippen molar-refractivity contribution in [2.75, 3.05) is 5.75 Å². The topological polar surface area (TPSA) is 110 Å². The minimum atomic E-state index is -3.32. The van der Waals surface area contributed by atoms with E-state index in [1.807, 2.05) is 6.07 Å². The number of carbonyl (C=O) groups excluding carboxylic acids is 1. The molecule has 0 radical (unpaired) electrons. The number of sulfone groups is 1. The molecule has 124 valence electrons. The van der Waals surface area contributed by atoms with Gasteiger partial charge in [0, 0.05) is 5.56 Å². The Balaban J connectivity index is 2.27. The lowest BCUT2D eigenvalue weighted by atomic mass is 10.1. The minimum Gasteiger partial charge on any atom is -0.476 e. The Labute approximate surface area is 140 Å². The van der Waals surface area contributed by atoms with Crippen molar-refractivity contribution in [2.45, 2.75) is 17.9 Å². The molecule has 1 amide bonds. The van der Waals surface area contributed by atoms with E-state index >= 15 is 0 Å². The zero-order valence-corrected chi connectivity index (χ0v) is 13.8. The number of primary amides is 1. The smallest absolute Gasteiger partial charge is 0.263 e. The van der Waals surface area contributed by atoms with Crippen LogP contribution in [0.3, 0.4) is 0 Å². The van der Waals surface area contributed by atoms with Crippen LogP contribution in [0.15, 0.2) is 53.4 Å². The summed E-state index contributed by atoms with van der Waals surface area (Å²) in [6, 6.07) is 14.1. The number of ether oxygens (including phenoxy) is 1. The van der Waals surface area contributed by atoms with Gasteiger partial charge in [0.15, 0.2) is 9.84 Å². The number of carbonyl (C=O) groups is 1. The molecule has 0 fully saturated rings. The monoisotopic (exact) mass is 344 g/mol. The van der Waals surface area contributed by atoms with Gasteiger partial charge in [0.2, 0.25) is 6.10 Å². The molecule has 0 saturated carbocycles. The summed E-state index contributed by atoms with van der Waals surface area (Å²) in [5.74, 6) is -0.332. The standard InChI is InChI=1S/C17H16N2O4S/c1-2-24(21,22)15-9-5-13(6-10-15)16(17(19)20)23-14-7-3-12(11-18)4-8-14/h3-10,16H,2H2,1H3,(H2,19,20). The summed E-state index contributed by atoms with van der Waals surface area (Å²) in [4.78, 5) is 11.9. The van der Waals surface area contributed by atoms with Crippen LogP contribution in [0.5, 0.6) is 5.75 Å². The van der Waals surface area contributed by atoms with Crippen molar-refractivity contribution in [3.05, 3.63) is 59.7 Å². The average molecular weight is 344 g/mol. The molecule has 0 saturated heterocycles. The molecule has 2 aromatic rings. The second kappa shape index (κ2) is 7.15. The summed E-state index contributed by atoms with van der Waals surface area (Å²) in [7, 11) is -3.32. The number of rotatable bonds is 6. The number of amides is 1. The fourth-order valence-corrected chi connectivity index (χ4v) is 2.94. The molecule has 2 aromatic carbocycles. The lowest BCUT2D eigenvalue weighted by Crippen LogP contribution is -2.26.